The number of benzene rings is 2. The molecule has 1 amide bonds. The highest BCUT2D eigenvalue weighted by Gasteiger charge is 2.06. The van der Waals surface area contributed by atoms with Crippen LogP contribution in [0.25, 0.3) is 0 Å². The Kier molecular flexibility index (Phi) is 5.78. The molecular formula is C21H23N3OS. The number of carbonyl (C=O) groups excluding carboxylic acids is 1. The minimum absolute atomic E-state index is 0.0541. The second-order valence-electron chi connectivity index (χ2n) is 6.32. The van der Waals surface area contributed by atoms with Crippen LogP contribution in [0, 0.1) is 13.8 Å². The zero-order valence-corrected chi connectivity index (χ0v) is 16.1. The normalized spacial score (nSPS) is 10.7. The van der Waals surface area contributed by atoms with Crippen LogP contribution in [-0.4, -0.2) is 21.9 Å². The molecule has 0 atom stereocenters. The predicted octanol–water partition coefficient (Wildman–Crippen LogP) is 4.20. The Morgan fingerprint density at radius 1 is 1.08 bits per heavy atom. The lowest BCUT2D eigenvalue weighted by atomic mass is 10.1. The summed E-state index contributed by atoms with van der Waals surface area (Å²) in [6, 6.07) is 18.0. The standard InChI is InChI=1S/C21H23N3OS/c1-15-11-16(2)24(23-15)14-18-6-4-5-17(12-18)13-22-21(25)19-7-9-20(26-3)10-8-19/h4-12H,13-14H2,1-3H3,(H,22,25). The third-order valence-corrected chi connectivity index (χ3v) is 4.98. The highest BCUT2D eigenvalue weighted by atomic mass is 32.2. The van der Waals surface area contributed by atoms with Crippen molar-refractivity contribution in [3.05, 3.63) is 82.7 Å². The van der Waals surface area contributed by atoms with E-state index in [1.54, 1.807) is 11.8 Å². The van der Waals surface area contributed by atoms with Crippen LogP contribution < -0.4 is 5.32 Å². The van der Waals surface area contributed by atoms with E-state index in [0.717, 1.165) is 28.4 Å². The van der Waals surface area contributed by atoms with Gasteiger partial charge < -0.3 is 5.32 Å². The van der Waals surface area contributed by atoms with Gasteiger partial charge in [-0.05, 0) is 61.6 Å². The molecule has 0 unspecified atom stereocenters. The van der Waals surface area contributed by atoms with Crippen LogP contribution in [0.15, 0.2) is 59.5 Å². The zero-order valence-electron chi connectivity index (χ0n) is 15.3. The van der Waals surface area contributed by atoms with E-state index in [4.69, 9.17) is 0 Å². The number of hydrogen-bond donors (Lipinski definition) is 1. The Balaban J connectivity index is 1.63. The van der Waals surface area contributed by atoms with Crippen LogP contribution in [0.4, 0.5) is 0 Å². The molecule has 4 nitrogen and oxygen atoms in total. The van der Waals surface area contributed by atoms with E-state index in [1.807, 2.05) is 54.3 Å². The van der Waals surface area contributed by atoms with Crippen molar-refractivity contribution in [2.45, 2.75) is 31.8 Å². The van der Waals surface area contributed by atoms with E-state index in [2.05, 4.69) is 35.5 Å². The monoisotopic (exact) mass is 365 g/mol. The van der Waals surface area contributed by atoms with E-state index >= 15 is 0 Å². The van der Waals surface area contributed by atoms with Crippen LogP contribution in [0.1, 0.15) is 32.9 Å². The summed E-state index contributed by atoms with van der Waals surface area (Å²) in [7, 11) is 0. The van der Waals surface area contributed by atoms with E-state index in [9.17, 15) is 4.79 Å². The maximum absolute atomic E-state index is 12.3. The second kappa shape index (κ2) is 8.23. The van der Waals surface area contributed by atoms with Crippen LogP contribution in [0.5, 0.6) is 0 Å². The minimum atomic E-state index is -0.0541. The first-order chi connectivity index (χ1) is 12.5. The summed E-state index contributed by atoms with van der Waals surface area (Å²) in [6.45, 7) is 5.30. The fourth-order valence-electron chi connectivity index (χ4n) is 2.87. The van der Waals surface area contributed by atoms with Gasteiger partial charge in [0.05, 0.1) is 12.2 Å². The molecule has 3 rings (SSSR count). The van der Waals surface area contributed by atoms with Gasteiger partial charge in [0.2, 0.25) is 0 Å². The number of aromatic nitrogens is 2. The summed E-state index contributed by atoms with van der Waals surface area (Å²) in [5, 5.41) is 7.50. The molecule has 1 aromatic heterocycles. The van der Waals surface area contributed by atoms with Crippen LogP contribution in [-0.2, 0) is 13.1 Å². The van der Waals surface area contributed by atoms with Gasteiger partial charge in [0.15, 0.2) is 0 Å². The molecule has 0 aliphatic carbocycles. The molecule has 0 spiro atoms. The van der Waals surface area contributed by atoms with E-state index in [-0.39, 0.29) is 5.91 Å². The van der Waals surface area contributed by atoms with Crippen molar-refractivity contribution >= 4 is 17.7 Å². The fraction of sp³-hybridized carbons (Fsp3) is 0.238. The summed E-state index contributed by atoms with van der Waals surface area (Å²) >= 11 is 1.67. The molecule has 1 N–H and O–H groups in total. The van der Waals surface area contributed by atoms with E-state index in [0.29, 0.717) is 12.1 Å². The molecule has 0 saturated carbocycles. The Labute approximate surface area is 158 Å². The maximum atomic E-state index is 12.3. The minimum Gasteiger partial charge on any atom is -0.348 e. The summed E-state index contributed by atoms with van der Waals surface area (Å²) in [4.78, 5) is 13.5. The molecule has 0 aliphatic rings. The molecule has 0 saturated heterocycles. The molecule has 26 heavy (non-hydrogen) atoms. The van der Waals surface area contributed by atoms with Gasteiger partial charge >= 0.3 is 0 Å². The zero-order chi connectivity index (χ0) is 18.5. The lowest BCUT2D eigenvalue weighted by Crippen LogP contribution is -2.22. The summed E-state index contributed by atoms with van der Waals surface area (Å²) < 4.78 is 2.00. The maximum Gasteiger partial charge on any atom is 0.251 e. The molecule has 0 radical (unpaired) electrons. The largest absolute Gasteiger partial charge is 0.348 e. The third-order valence-electron chi connectivity index (χ3n) is 4.23. The van der Waals surface area contributed by atoms with E-state index < -0.39 is 0 Å². The molecular weight excluding hydrogens is 342 g/mol. The van der Waals surface area contributed by atoms with Gasteiger partial charge in [-0.15, -0.1) is 11.8 Å². The molecule has 0 aliphatic heterocycles. The Hall–Kier alpha value is -2.53. The van der Waals surface area contributed by atoms with Crippen molar-refractivity contribution in [3.8, 4) is 0 Å². The first-order valence-corrected chi connectivity index (χ1v) is 9.79. The predicted molar refractivity (Wildman–Crippen MR) is 107 cm³/mol. The average molecular weight is 366 g/mol. The first kappa shape index (κ1) is 18.3. The Morgan fingerprint density at radius 3 is 2.46 bits per heavy atom. The number of carbonyl (C=O) groups is 1. The van der Waals surface area contributed by atoms with Gasteiger partial charge in [-0.1, -0.05) is 24.3 Å². The summed E-state index contributed by atoms with van der Waals surface area (Å²) in [6.07, 6.45) is 2.02. The van der Waals surface area contributed by atoms with Crippen molar-refractivity contribution < 1.29 is 4.79 Å². The second-order valence-corrected chi connectivity index (χ2v) is 7.20. The summed E-state index contributed by atoms with van der Waals surface area (Å²) in [5.41, 5.74) is 5.11. The number of rotatable bonds is 6. The highest BCUT2D eigenvalue weighted by Crippen LogP contribution is 2.15. The SMILES string of the molecule is CSc1ccc(C(=O)NCc2cccc(Cn3nc(C)cc3C)c2)cc1. The number of nitrogens with one attached hydrogen (secondary N) is 1. The van der Waals surface area contributed by atoms with Crippen molar-refractivity contribution in [2.24, 2.45) is 0 Å². The first-order valence-electron chi connectivity index (χ1n) is 8.56. The van der Waals surface area contributed by atoms with Crippen molar-refractivity contribution in [1.29, 1.82) is 0 Å². The smallest absolute Gasteiger partial charge is 0.251 e. The Morgan fingerprint density at radius 2 is 1.81 bits per heavy atom. The molecule has 5 heteroatoms. The molecule has 3 aromatic rings. The lowest BCUT2D eigenvalue weighted by Gasteiger charge is -2.09. The van der Waals surface area contributed by atoms with Crippen molar-refractivity contribution in [2.75, 3.05) is 6.26 Å². The van der Waals surface area contributed by atoms with Gasteiger partial charge in [0.1, 0.15) is 0 Å². The molecule has 134 valence electrons. The number of hydrogen-bond acceptors (Lipinski definition) is 3. The molecule has 0 fully saturated rings. The fourth-order valence-corrected chi connectivity index (χ4v) is 3.28. The van der Waals surface area contributed by atoms with Crippen molar-refractivity contribution in [1.82, 2.24) is 15.1 Å². The van der Waals surface area contributed by atoms with Crippen LogP contribution in [0.2, 0.25) is 0 Å². The number of aryl methyl sites for hydroxylation is 2. The number of thioether (sulfide) groups is 1. The Bertz CT molecular complexity index is 900. The summed E-state index contributed by atoms with van der Waals surface area (Å²) in [5.74, 6) is -0.0541. The number of amides is 1. The van der Waals surface area contributed by atoms with Gasteiger partial charge in [-0.2, -0.15) is 5.10 Å². The van der Waals surface area contributed by atoms with E-state index in [1.165, 1.54) is 5.56 Å². The third kappa shape index (κ3) is 4.55. The molecule has 0 bridgehead atoms. The van der Waals surface area contributed by atoms with Gasteiger partial charge in [-0.25, -0.2) is 0 Å². The quantitative estimate of drug-likeness (QED) is 0.666. The molecule has 2 aromatic carbocycles. The van der Waals surface area contributed by atoms with Crippen LogP contribution in [0.3, 0.4) is 0 Å². The lowest BCUT2D eigenvalue weighted by molar-refractivity contribution is 0.0951. The van der Waals surface area contributed by atoms with Gasteiger partial charge in [0, 0.05) is 22.7 Å². The highest BCUT2D eigenvalue weighted by molar-refractivity contribution is 7.98. The van der Waals surface area contributed by atoms with Crippen LogP contribution >= 0.6 is 11.8 Å². The van der Waals surface area contributed by atoms with Gasteiger partial charge in [-0.3, -0.25) is 9.48 Å². The molecule has 1 heterocycles. The van der Waals surface area contributed by atoms with Crippen molar-refractivity contribution in [3.63, 3.8) is 0 Å². The average Bonchev–Trinajstić information content (AvgIpc) is 2.97. The number of nitrogens with zero attached hydrogens (tertiary/aromatic N) is 2. The topological polar surface area (TPSA) is 46.9 Å². The van der Waals surface area contributed by atoms with Gasteiger partial charge in [0.25, 0.3) is 5.91 Å².